The molecule has 1 atom stereocenters. The second kappa shape index (κ2) is 3.66. The normalized spacial score (nSPS) is 24.7. The van der Waals surface area contributed by atoms with Crippen LogP contribution in [0.4, 0.5) is 4.39 Å². The van der Waals surface area contributed by atoms with Crippen molar-refractivity contribution in [3.05, 3.63) is 34.1 Å². The van der Waals surface area contributed by atoms with E-state index in [1.807, 2.05) is 0 Å². The van der Waals surface area contributed by atoms with Crippen molar-refractivity contribution in [2.75, 3.05) is 0 Å². The molecule has 1 unspecified atom stereocenters. The van der Waals surface area contributed by atoms with Crippen molar-refractivity contribution < 1.29 is 18.7 Å². The molecule has 2 rings (SSSR count). The van der Waals surface area contributed by atoms with E-state index in [2.05, 4.69) is 20.7 Å². The maximum absolute atomic E-state index is 13.1. The summed E-state index contributed by atoms with van der Waals surface area (Å²) in [5.74, 6) is -1.55. The molecule has 0 amide bonds. The minimum absolute atomic E-state index is 0.0100. The third kappa shape index (κ3) is 1.65. The minimum Gasteiger partial charge on any atom is -0.392 e. The Labute approximate surface area is 99.7 Å². The van der Waals surface area contributed by atoms with Gasteiger partial charge < -0.3 is 4.74 Å². The van der Waals surface area contributed by atoms with Crippen molar-refractivity contribution in [1.29, 1.82) is 0 Å². The lowest BCUT2D eigenvalue weighted by atomic mass is 9.81. The SMILES string of the molecule is CC1(c2ccc(F)c(Br)c2)CC(=O)OC1=O. The molecular weight excluding hydrogens is 279 g/mol. The molecule has 1 aliphatic heterocycles. The molecule has 0 N–H and O–H groups in total. The zero-order valence-corrected chi connectivity index (χ0v) is 10.0. The molecule has 84 valence electrons. The van der Waals surface area contributed by atoms with Gasteiger partial charge in [0, 0.05) is 0 Å². The Bertz CT molecular complexity index is 486. The van der Waals surface area contributed by atoms with Crippen LogP contribution >= 0.6 is 15.9 Å². The van der Waals surface area contributed by atoms with Crippen LogP contribution in [0.3, 0.4) is 0 Å². The van der Waals surface area contributed by atoms with Crippen molar-refractivity contribution in [3.8, 4) is 0 Å². The fourth-order valence-electron chi connectivity index (χ4n) is 1.67. The predicted molar refractivity (Wildman–Crippen MR) is 57.2 cm³/mol. The molecule has 16 heavy (non-hydrogen) atoms. The summed E-state index contributed by atoms with van der Waals surface area (Å²) in [7, 11) is 0. The average Bonchev–Trinajstić information content (AvgIpc) is 2.46. The zero-order valence-electron chi connectivity index (χ0n) is 8.42. The quantitative estimate of drug-likeness (QED) is 0.588. The second-order valence-corrected chi connectivity index (χ2v) is 4.75. The highest BCUT2D eigenvalue weighted by Crippen LogP contribution is 2.36. The van der Waals surface area contributed by atoms with E-state index in [-0.39, 0.29) is 10.9 Å². The van der Waals surface area contributed by atoms with Crippen molar-refractivity contribution >= 4 is 27.9 Å². The van der Waals surface area contributed by atoms with E-state index in [1.54, 1.807) is 6.92 Å². The van der Waals surface area contributed by atoms with Crippen molar-refractivity contribution in [2.24, 2.45) is 0 Å². The Hall–Kier alpha value is -1.23. The number of esters is 2. The number of benzene rings is 1. The summed E-state index contributed by atoms with van der Waals surface area (Å²) in [6, 6.07) is 4.23. The molecule has 0 radical (unpaired) electrons. The Morgan fingerprint density at radius 3 is 2.62 bits per heavy atom. The van der Waals surface area contributed by atoms with Crippen LogP contribution in [0.25, 0.3) is 0 Å². The number of hydrogen-bond donors (Lipinski definition) is 0. The van der Waals surface area contributed by atoms with Crippen LogP contribution in [-0.4, -0.2) is 11.9 Å². The number of carbonyl (C=O) groups excluding carboxylic acids is 2. The second-order valence-electron chi connectivity index (χ2n) is 3.90. The Balaban J connectivity index is 2.47. The molecule has 1 aromatic carbocycles. The smallest absolute Gasteiger partial charge is 0.324 e. The first-order valence-electron chi connectivity index (χ1n) is 4.64. The maximum Gasteiger partial charge on any atom is 0.324 e. The van der Waals surface area contributed by atoms with Crippen molar-refractivity contribution in [1.82, 2.24) is 0 Å². The topological polar surface area (TPSA) is 43.4 Å². The van der Waals surface area contributed by atoms with E-state index in [0.29, 0.717) is 5.56 Å². The summed E-state index contributed by atoms with van der Waals surface area (Å²) in [5, 5.41) is 0. The number of rotatable bonds is 1. The number of ether oxygens (including phenoxy) is 1. The van der Waals surface area contributed by atoms with E-state index in [4.69, 9.17) is 0 Å². The van der Waals surface area contributed by atoms with E-state index < -0.39 is 23.2 Å². The molecule has 3 nitrogen and oxygen atoms in total. The molecule has 0 aliphatic carbocycles. The van der Waals surface area contributed by atoms with Crippen LogP contribution in [-0.2, 0) is 19.7 Å². The van der Waals surface area contributed by atoms with Gasteiger partial charge in [0.15, 0.2) is 0 Å². The van der Waals surface area contributed by atoms with Gasteiger partial charge in [-0.1, -0.05) is 6.07 Å². The van der Waals surface area contributed by atoms with Gasteiger partial charge in [0.1, 0.15) is 11.2 Å². The molecule has 0 saturated carbocycles. The van der Waals surface area contributed by atoms with Crippen LogP contribution in [0, 0.1) is 5.82 Å². The highest BCUT2D eigenvalue weighted by molar-refractivity contribution is 9.10. The molecular formula is C11H8BrFO3. The molecule has 0 aromatic heterocycles. The standard InChI is InChI=1S/C11H8BrFO3/c1-11(5-9(14)16-10(11)15)6-2-3-8(13)7(12)4-6/h2-4H,5H2,1H3. The summed E-state index contributed by atoms with van der Waals surface area (Å²) in [4.78, 5) is 22.6. The first-order valence-corrected chi connectivity index (χ1v) is 5.43. The number of hydrogen-bond acceptors (Lipinski definition) is 3. The lowest BCUT2D eigenvalue weighted by molar-refractivity contribution is -0.153. The van der Waals surface area contributed by atoms with E-state index in [1.165, 1.54) is 18.2 Å². The molecule has 1 aliphatic rings. The van der Waals surface area contributed by atoms with Crippen LogP contribution in [0.5, 0.6) is 0 Å². The van der Waals surface area contributed by atoms with Gasteiger partial charge in [0.25, 0.3) is 0 Å². The molecule has 0 bridgehead atoms. The van der Waals surface area contributed by atoms with E-state index in [0.717, 1.165) is 0 Å². The average molecular weight is 287 g/mol. The van der Waals surface area contributed by atoms with Crippen LogP contribution in [0.1, 0.15) is 18.9 Å². The Morgan fingerprint density at radius 2 is 2.12 bits per heavy atom. The Morgan fingerprint density at radius 1 is 1.44 bits per heavy atom. The zero-order chi connectivity index (χ0) is 11.9. The predicted octanol–water partition coefficient (Wildman–Crippen LogP) is 2.32. The lowest BCUT2D eigenvalue weighted by Crippen LogP contribution is -2.27. The van der Waals surface area contributed by atoms with Gasteiger partial charge >= 0.3 is 11.9 Å². The highest BCUT2D eigenvalue weighted by Gasteiger charge is 2.46. The summed E-state index contributed by atoms with van der Waals surface area (Å²) in [6.07, 6.45) is -0.0100. The number of cyclic esters (lactones) is 2. The van der Waals surface area contributed by atoms with Gasteiger partial charge in [0.05, 0.1) is 10.9 Å². The molecule has 1 heterocycles. The first-order chi connectivity index (χ1) is 7.43. The number of halogens is 2. The van der Waals surface area contributed by atoms with Crippen molar-refractivity contribution in [2.45, 2.75) is 18.8 Å². The Kier molecular flexibility index (Phi) is 2.58. The van der Waals surface area contributed by atoms with Crippen molar-refractivity contribution in [3.63, 3.8) is 0 Å². The fourth-order valence-corrected chi connectivity index (χ4v) is 2.05. The van der Waals surface area contributed by atoms with Crippen LogP contribution in [0.15, 0.2) is 22.7 Å². The van der Waals surface area contributed by atoms with Crippen LogP contribution in [0.2, 0.25) is 0 Å². The van der Waals surface area contributed by atoms with Gasteiger partial charge in [-0.05, 0) is 40.5 Å². The molecule has 0 spiro atoms. The monoisotopic (exact) mass is 286 g/mol. The molecule has 1 saturated heterocycles. The molecule has 1 fully saturated rings. The fraction of sp³-hybridized carbons (Fsp3) is 0.273. The third-order valence-corrected chi connectivity index (χ3v) is 3.32. The summed E-state index contributed by atoms with van der Waals surface area (Å²) < 4.78 is 17.8. The molecule has 5 heteroatoms. The number of carbonyl (C=O) groups is 2. The summed E-state index contributed by atoms with van der Waals surface area (Å²) >= 11 is 3.04. The van der Waals surface area contributed by atoms with Gasteiger partial charge in [-0.15, -0.1) is 0 Å². The lowest BCUT2D eigenvalue weighted by Gasteiger charge is -2.18. The molecule has 1 aromatic rings. The highest BCUT2D eigenvalue weighted by atomic mass is 79.9. The summed E-state index contributed by atoms with van der Waals surface area (Å²) in [6.45, 7) is 1.61. The van der Waals surface area contributed by atoms with E-state index >= 15 is 0 Å². The first kappa shape index (κ1) is 11.3. The van der Waals surface area contributed by atoms with Crippen LogP contribution < -0.4 is 0 Å². The van der Waals surface area contributed by atoms with Gasteiger partial charge in [0.2, 0.25) is 0 Å². The van der Waals surface area contributed by atoms with Gasteiger partial charge in [-0.3, -0.25) is 9.59 Å². The minimum atomic E-state index is -1.01. The summed E-state index contributed by atoms with van der Waals surface area (Å²) in [5.41, 5.74) is -0.440. The van der Waals surface area contributed by atoms with Gasteiger partial charge in [-0.2, -0.15) is 0 Å². The van der Waals surface area contributed by atoms with Gasteiger partial charge in [-0.25, -0.2) is 4.39 Å². The maximum atomic E-state index is 13.1. The largest absolute Gasteiger partial charge is 0.392 e. The third-order valence-electron chi connectivity index (χ3n) is 2.71. The van der Waals surface area contributed by atoms with E-state index in [9.17, 15) is 14.0 Å².